The van der Waals surface area contributed by atoms with E-state index in [4.69, 9.17) is 0 Å². The number of likely N-dealkylation sites (N-methyl/N-ethyl adjacent to an activating group) is 1. The zero-order valence-electron chi connectivity index (χ0n) is 13.1. The van der Waals surface area contributed by atoms with Crippen molar-refractivity contribution < 1.29 is 0 Å². The second-order valence-electron chi connectivity index (χ2n) is 5.47. The van der Waals surface area contributed by atoms with E-state index in [1.54, 1.807) is 0 Å². The van der Waals surface area contributed by atoms with Crippen molar-refractivity contribution in [1.82, 2.24) is 10.3 Å². The van der Waals surface area contributed by atoms with Crippen molar-refractivity contribution in [3.63, 3.8) is 0 Å². The van der Waals surface area contributed by atoms with E-state index in [0.29, 0.717) is 6.04 Å². The molecule has 1 rings (SSSR count). The Hall–Kier alpha value is -0.890. The van der Waals surface area contributed by atoms with Gasteiger partial charge in [-0.15, -0.1) is 0 Å². The molecule has 0 spiro atoms. The fraction of sp³-hybridized carbons (Fsp3) is 0.706. The van der Waals surface area contributed by atoms with E-state index in [1.807, 2.05) is 12.3 Å². The molecule has 0 saturated carbocycles. The number of pyridine rings is 1. The van der Waals surface area contributed by atoms with Crippen LogP contribution in [0.15, 0.2) is 18.3 Å². The van der Waals surface area contributed by atoms with Gasteiger partial charge in [-0.1, -0.05) is 39.7 Å². The number of hydrogen-bond donors (Lipinski definition) is 1. The maximum absolute atomic E-state index is 4.56. The van der Waals surface area contributed by atoms with Crippen LogP contribution >= 0.6 is 0 Å². The van der Waals surface area contributed by atoms with Gasteiger partial charge in [0.2, 0.25) is 0 Å². The molecule has 0 amide bonds. The van der Waals surface area contributed by atoms with E-state index in [9.17, 15) is 0 Å². The van der Waals surface area contributed by atoms with Gasteiger partial charge in [0.1, 0.15) is 0 Å². The van der Waals surface area contributed by atoms with Crippen LogP contribution in [0.25, 0.3) is 0 Å². The number of hydrogen-bond acceptors (Lipinski definition) is 2. The Morgan fingerprint density at radius 3 is 2.37 bits per heavy atom. The molecule has 0 saturated heterocycles. The summed E-state index contributed by atoms with van der Waals surface area (Å²) in [7, 11) is 0. The summed E-state index contributed by atoms with van der Waals surface area (Å²) >= 11 is 0. The molecule has 2 heteroatoms. The summed E-state index contributed by atoms with van der Waals surface area (Å²) < 4.78 is 0. The van der Waals surface area contributed by atoms with Gasteiger partial charge in [-0.2, -0.15) is 0 Å². The molecule has 1 aromatic rings. The lowest BCUT2D eigenvalue weighted by Gasteiger charge is -2.28. The lowest BCUT2D eigenvalue weighted by atomic mass is 9.87. The Morgan fingerprint density at radius 2 is 1.84 bits per heavy atom. The first-order valence-corrected chi connectivity index (χ1v) is 7.86. The fourth-order valence-corrected chi connectivity index (χ4v) is 2.90. The van der Waals surface area contributed by atoms with Gasteiger partial charge >= 0.3 is 0 Å². The lowest BCUT2D eigenvalue weighted by Crippen LogP contribution is -2.38. The zero-order valence-corrected chi connectivity index (χ0v) is 13.1. The second kappa shape index (κ2) is 9.08. The Morgan fingerprint density at radius 1 is 1.16 bits per heavy atom. The number of nitrogens with one attached hydrogen (secondary N) is 1. The van der Waals surface area contributed by atoms with Crippen molar-refractivity contribution in [2.45, 2.75) is 65.8 Å². The molecule has 0 fully saturated rings. The van der Waals surface area contributed by atoms with E-state index < -0.39 is 0 Å². The van der Waals surface area contributed by atoms with Crippen LogP contribution < -0.4 is 5.32 Å². The number of nitrogens with zero attached hydrogens (tertiary/aromatic N) is 1. The Kier molecular flexibility index (Phi) is 7.73. The van der Waals surface area contributed by atoms with Crippen LogP contribution in [0.4, 0.5) is 0 Å². The first-order chi connectivity index (χ1) is 9.22. The topological polar surface area (TPSA) is 24.9 Å². The Balaban J connectivity index is 2.77. The largest absolute Gasteiger partial charge is 0.314 e. The van der Waals surface area contributed by atoms with Gasteiger partial charge in [-0.3, -0.25) is 4.98 Å². The minimum absolute atomic E-state index is 0.568. The minimum Gasteiger partial charge on any atom is -0.314 e. The summed E-state index contributed by atoms with van der Waals surface area (Å²) in [6.45, 7) is 9.99. The van der Waals surface area contributed by atoms with Gasteiger partial charge in [-0.25, -0.2) is 0 Å². The standard InChI is InChI=1S/C17H30N2/c1-5-9-15(10-6-2)17(18-7-3)13-16-14(4)11-8-12-19-16/h8,11-12,15,17-18H,5-7,9-10,13H2,1-4H3. The molecule has 0 aliphatic rings. The van der Waals surface area contributed by atoms with E-state index >= 15 is 0 Å². The predicted octanol–water partition coefficient (Wildman–Crippen LogP) is 4.13. The number of aromatic nitrogens is 1. The third-order valence-electron chi connectivity index (χ3n) is 3.89. The molecule has 1 N–H and O–H groups in total. The zero-order chi connectivity index (χ0) is 14.1. The summed E-state index contributed by atoms with van der Waals surface area (Å²) in [4.78, 5) is 4.56. The molecule has 0 radical (unpaired) electrons. The summed E-state index contributed by atoms with van der Waals surface area (Å²) in [5.74, 6) is 0.774. The van der Waals surface area contributed by atoms with Crippen molar-refractivity contribution >= 4 is 0 Å². The normalized spacial score (nSPS) is 12.9. The SMILES string of the molecule is CCCC(CCC)C(Cc1ncccc1C)NCC. The average molecular weight is 262 g/mol. The maximum atomic E-state index is 4.56. The van der Waals surface area contributed by atoms with Crippen molar-refractivity contribution in [2.75, 3.05) is 6.54 Å². The Bertz CT molecular complexity index is 343. The first-order valence-electron chi connectivity index (χ1n) is 7.86. The highest BCUT2D eigenvalue weighted by atomic mass is 14.9. The van der Waals surface area contributed by atoms with E-state index in [-0.39, 0.29) is 0 Å². The van der Waals surface area contributed by atoms with Crippen molar-refractivity contribution in [3.05, 3.63) is 29.6 Å². The van der Waals surface area contributed by atoms with Gasteiger partial charge in [0.05, 0.1) is 0 Å². The van der Waals surface area contributed by atoms with Gasteiger partial charge in [0.15, 0.2) is 0 Å². The quantitative estimate of drug-likeness (QED) is 0.724. The summed E-state index contributed by atoms with van der Waals surface area (Å²) in [6, 6.07) is 4.76. The van der Waals surface area contributed by atoms with Crippen molar-refractivity contribution in [1.29, 1.82) is 0 Å². The summed E-state index contributed by atoms with van der Waals surface area (Å²) in [5.41, 5.74) is 2.57. The van der Waals surface area contributed by atoms with E-state index in [0.717, 1.165) is 18.9 Å². The Labute approximate surface area is 119 Å². The third-order valence-corrected chi connectivity index (χ3v) is 3.89. The molecule has 1 aromatic heterocycles. The molecule has 108 valence electrons. The molecule has 0 aromatic carbocycles. The molecular weight excluding hydrogens is 232 g/mol. The van der Waals surface area contributed by atoms with E-state index in [1.165, 1.54) is 36.9 Å². The molecule has 1 heterocycles. The van der Waals surface area contributed by atoms with Gasteiger partial charge < -0.3 is 5.32 Å². The second-order valence-corrected chi connectivity index (χ2v) is 5.47. The minimum atomic E-state index is 0.568. The van der Waals surface area contributed by atoms with Crippen LogP contribution in [-0.2, 0) is 6.42 Å². The van der Waals surface area contributed by atoms with Crippen LogP contribution in [0.2, 0.25) is 0 Å². The highest BCUT2D eigenvalue weighted by Gasteiger charge is 2.20. The van der Waals surface area contributed by atoms with Crippen LogP contribution in [0.3, 0.4) is 0 Å². The molecule has 19 heavy (non-hydrogen) atoms. The molecule has 1 atom stereocenters. The van der Waals surface area contributed by atoms with Crippen LogP contribution in [0, 0.1) is 12.8 Å². The fourth-order valence-electron chi connectivity index (χ4n) is 2.90. The molecule has 0 bridgehead atoms. The highest BCUT2D eigenvalue weighted by molar-refractivity contribution is 5.18. The summed E-state index contributed by atoms with van der Waals surface area (Å²) in [5, 5.41) is 3.69. The van der Waals surface area contributed by atoms with Crippen LogP contribution in [-0.4, -0.2) is 17.6 Å². The van der Waals surface area contributed by atoms with Gasteiger partial charge in [0, 0.05) is 24.4 Å². The smallest absolute Gasteiger partial charge is 0.0448 e. The summed E-state index contributed by atoms with van der Waals surface area (Å²) in [6.07, 6.45) is 8.15. The maximum Gasteiger partial charge on any atom is 0.0448 e. The third kappa shape index (κ3) is 5.32. The van der Waals surface area contributed by atoms with Crippen molar-refractivity contribution in [3.8, 4) is 0 Å². The van der Waals surface area contributed by atoms with Gasteiger partial charge in [0.25, 0.3) is 0 Å². The molecule has 2 nitrogen and oxygen atoms in total. The van der Waals surface area contributed by atoms with E-state index in [2.05, 4.69) is 44.1 Å². The number of rotatable bonds is 9. The molecule has 0 aliphatic carbocycles. The molecular formula is C17H30N2. The van der Waals surface area contributed by atoms with Crippen LogP contribution in [0.1, 0.15) is 57.7 Å². The first kappa shape index (κ1) is 16.2. The lowest BCUT2D eigenvalue weighted by molar-refractivity contribution is 0.310. The van der Waals surface area contributed by atoms with Crippen molar-refractivity contribution in [2.24, 2.45) is 5.92 Å². The van der Waals surface area contributed by atoms with Gasteiger partial charge in [-0.05, 0) is 43.9 Å². The molecule has 0 aliphatic heterocycles. The average Bonchev–Trinajstić information content (AvgIpc) is 2.40. The highest BCUT2D eigenvalue weighted by Crippen LogP contribution is 2.21. The molecule has 1 unspecified atom stereocenters. The predicted molar refractivity (Wildman–Crippen MR) is 83.4 cm³/mol. The monoisotopic (exact) mass is 262 g/mol. The number of aryl methyl sites for hydroxylation is 1. The van der Waals surface area contributed by atoms with Crippen LogP contribution in [0.5, 0.6) is 0 Å².